The molecule has 8 nitrogen and oxygen atoms in total. The maximum atomic E-state index is 6.52. The zero-order valence-electron chi connectivity index (χ0n) is 17.1. The number of hydrogen-bond donors (Lipinski definition) is 1. The van der Waals surface area contributed by atoms with Gasteiger partial charge in [-0.25, -0.2) is 19.5 Å². The molecule has 160 valence electrons. The third kappa shape index (κ3) is 3.34. The highest BCUT2D eigenvalue weighted by Gasteiger charge is 2.20. The Morgan fingerprint density at radius 2 is 1.81 bits per heavy atom. The summed E-state index contributed by atoms with van der Waals surface area (Å²) >= 11 is 12.9. The number of imidazole rings is 2. The molecule has 0 aliphatic carbocycles. The third-order valence-electron chi connectivity index (χ3n) is 5.03. The first-order valence-corrected chi connectivity index (χ1v) is 10.4. The van der Waals surface area contributed by atoms with Gasteiger partial charge in [0.15, 0.2) is 10.8 Å². The van der Waals surface area contributed by atoms with Crippen LogP contribution in [0.15, 0.2) is 55.1 Å². The number of nitrogen functional groups attached to an aromatic ring is 1. The maximum absolute atomic E-state index is 6.52. The lowest BCUT2D eigenvalue weighted by Crippen LogP contribution is -2.04. The molecule has 0 radical (unpaired) electrons. The second-order valence-electron chi connectivity index (χ2n) is 7.10. The van der Waals surface area contributed by atoms with Gasteiger partial charge in [-0.1, -0.05) is 41.4 Å². The topological polar surface area (TPSA) is 96.1 Å². The lowest BCUT2D eigenvalue weighted by Gasteiger charge is -2.12. The van der Waals surface area contributed by atoms with Crippen molar-refractivity contribution in [3.63, 3.8) is 0 Å². The van der Waals surface area contributed by atoms with Crippen LogP contribution in [0.1, 0.15) is 5.69 Å². The Bertz CT molecular complexity index is 1470. The van der Waals surface area contributed by atoms with E-state index < -0.39 is 0 Å². The largest absolute Gasteiger partial charge is 0.479 e. The van der Waals surface area contributed by atoms with E-state index in [2.05, 4.69) is 20.1 Å². The Balaban J connectivity index is 1.65. The number of hydrogen-bond acceptors (Lipinski definition) is 6. The van der Waals surface area contributed by atoms with Crippen LogP contribution in [0.25, 0.3) is 33.8 Å². The van der Waals surface area contributed by atoms with Gasteiger partial charge in [-0.3, -0.25) is 0 Å². The molecule has 0 unspecified atom stereocenters. The summed E-state index contributed by atoms with van der Waals surface area (Å²) < 4.78 is 8.89. The van der Waals surface area contributed by atoms with Crippen LogP contribution in [0, 0.1) is 6.92 Å². The first-order valence-electron chi connectivity index (χ1n) is 9.62. The minimum atomic E-state index is 0.193. The quantitative estimate of drug-likeness (QED) is 0.407. The van der Waals surface area contributed by atoms with E-state index in [9.17, 15) is 0 Å². The average Bonchev–Trinajstić information content (AvgIpc) is 3.40. The van der Waals surface area contributed by atoms with Crippen LogP contribution in [0.5, 0.6) is 5.88 Å². The van der Waals surface area contributed by atoms with Crippen LogP contribution in [0.2, 0.25) is 10.2 Å². The molecular formula is C22H17Cl2N7O. The summed E-state index contributed by atoms with van der Waals surface area (Å²) in [5, 5.41) is 5.20. The van der Waals surface area contributed by atoms with E-state index in [1.54, 1.807) is 36.3 Å². The van der Waals surface area contributed by atoms with Gasteiger partial charge in [-0.15, -0.1) is 0 Å². The van der Waals surface area contributed by atoms with Crippen molar-refractivity contribution in [3.05, 3.63) is 71.0 Å². The van der Waals surface area contributed by atoms with Gasteiger partial charge in [0.05, 0.1) is 53.0 Å². The van der Waals surface area contributed by atoms with E-state index in [4.69, 9.17) is 33.7 Å². The number of rotatable bonds is 4. The van der Waals surface area contributed by atoms with Crippen molar-refractivity contribution < 1.29 is 4.74 Å². The predicted molar refractivity (Wildman–Crippen MR) is 124 cm³/mol. The molecule has 0 fully saturated rings. The molecule has 0 saturated carbocycles. The van der Waals surface area contributed by atoms with E-state index >= 15 is 0 Å². The summed E-state index contributed by atoms with van der Waals surface area (Å²) in [5.74, 6) is 0.398. The minimum absolute atomic E-state index is 0.193. The molecule has 0 bridgehead atoms. The summed E-state index contributed by atoms with van der Waals surface area (Å²) in [6.45, 7) is 1.91. The molecule has 5 rings (SSSR count). The average molecular weight is 466 g/mol. The van der Waals surface area contributed by atoms with Crippen molar-refractivity contribution in [2.45, 2.75) is 6.92 Å². The molecule has 2 N–H and O–H groups in total. The zero-order valence-corrected chi connectivity index (χ0v) is 18.6. The van der Waals surface area contributed by atoms with Crippen molar-refractivity contribution in [1.29, 1.82) is 0 Å². The van der Waals surface area contributed by atoms with Crippen LogP contribution in [0.3, 0.4) is 0 Å². The molecule has 0 aliphatic rings. The summed E-state index contributed by atoms with van der Waals surface area (Å²) in [4.78, 5) is 13.5. The first kappa shape index (κ1) is 20.3. The number of pyridine rings is 1. The van der Waals surface area contributed by atoms with Crippen LogP contribution < -0.4 is 10.5 Å². The van der Waals surface area contributed by atoms with Crippen molar-refractivity contribution in [1.82, 2.24) is 29.1 Å². The van der Waals surface area contributed by atoms with E-state index in [-0.39, 0.29) is 5.15 Å². The Morgan fingerprint density at radius 3 is 2.53 bits per heavy atom. The van der Waals surface area contributed by atoms with Crippen molar-refractivity contribution in [2.75, 3.05) is 12.8 Å². The Labute approximate surface area is 193 Å². The first-order chi connectivity index (χ1) is 15.5. The predicted octanol–water partition coefficient (Wildman–Crippen LogP) is 4.85. The number of aryl methyl sites for hydroxylation is 1. The second kappa shape index (κ2) is 7.81. The molecule has 0 spiro atoms. The molecule has 1 aromatic carbocycles. The number of nitrogens with two attached hydrogens (primary N) is 1. The van der Waals surface area contributed by atoms with Gasteiger partial charge in [-0.05, 0) is 25.1 Å². The van der Waals surface area contributed by atoms with Gasteiger partial charge in [0.2, 0.25) is 5.88 Å². The molecule has 4 aromatic heterocycles. The maximum Gasteiger partial charge on any atom is 0.238 e. The fraction of sp³-hybridized carbons (Fsp3) is 0.0909. The summed E-state index contributed by atoms with van der Waals surface area (Å²) in [6.07, 6.45) is 5.32. The standard InChI is InChI=1S/C22H17Cl2N7O/c1-12-9-30(11-26-12)17-8-7-15(28-22(17)32-2)18-19(25)21-27-16(10-31(21)29-20(18)24)13-5-3-4-6-14(13)23/h3-11H,25H2,1-2H3. The molecular weight excluding hydrogens is 449 g/mol. The minimum Gasteiger partial charge on any atom is -0.479 e. The number of nitrogens with zero attached hydrogens (tertiary/aromatic N) is 6. The van der Waals surface area contributed by atoms with Gasteiger partial charge >= 0.3 is 0 Å². The highest BCUT2D eigenvalue weighted by molar-refractivity contribution is 6.33. The number of halogens is 2. The summed E-state index contributed by atoms with van der Waals surface area (Å²) in [6, 6.07) is 11.1. The Hall–Kier alpha value is -3.62. The van der Waals surface area contributed by atoms with Crippen LogP contribution in [0.4, 0.5) is 5.69 Å². The van der Waals surface area contributed by atoms with E-state index in [0.717, 1.165) is 16.9 Å². The monoisotopic (exact) mass is 465 g/mol. The molecule has 10 heteroatoms. The fourth-order valence-electron chi connectivity index (χ4n) is 3.51. The van der Waals surface area contributed by atoms with Gasteiger partial charge in [0.1, 0.15) is 5.69 Å². The number of fused-ring (bicyclic) bond motifs is 1. The molecule has 4 heterocycles. The normalized spacial score (nSPS) is 11.2. The molecule has 32 heavy (non-hydrogen) atoms. The lowest BCUT2D eigenvalue weighted by molar-refractivity contribution is 0.396. The Kier molecular flexibility index (Phi) is 4.96. The van der Waals surface area contributed by atoms with Gasteiger partial charge in [0, 0.05) is 11.8 Å². The molecule has 0 aliphatic heterocycles. The van der Waals surface area contributed by atoms with Crippen LogP contribution in [-0.4, -0.2) is 36.2 Å². The zero-order chi connectivity index (χ0) is 22.4. The van der Waals surface area contributed by atoms with Gasteiger partial charge < -0.3 is 15.0 Å². The van der Waals surface area contributed by atoms with Crippen molar-refractivity contribution in [3.8, 4) is 34.1 Å². The number of aromatic nitrogens is 6. The third-order valence-corrected chi connectivity index (χ3v) is 5.62. The molecule has 0 atom stereocenters. The fourth-order valence-corrected chi connectivity index (χ4v) is 4.03. The SMILES string of the molecule is COc1nc(-c2c(Cl)nn3cc(-c4ccccc4Cl)nc3c2N)ccc1-n1cnc(C)c1. The van der Waals surface area contributed by atoms with E-state index in [0.29, 0.717) is 39.2 Å². The highest BCUT2D eigenvalue weighted by atomic mass is 35.5. The number of methoxy groups -OCH3 is 1. The second-order valence-corrected chi connectivity index (χ2v) is 7.87. The van der Waals surface area contributed by atoms with Gasteiger partial charge in [0.25, 0.3) is 0 Å². The smallest absolute Gasteiger partial charge is 0.238 e. The van der Waals surface area contributed by atoms with Crippen LogP contribution >= 0.6 is 23.2 Å². The molecule has 0 saturated heterocycles. The summed E-state index contributed by atoms with van der Waals surface area (Å²) in [5.41, 5.74) is 11.3. The molecule has 0 amide bonds. The van der Waals surface area contributed by atoms with E-state index in [1.807, 2.05) is 42.0 Å². The summed E-state index contributed by atoms with van der Waals surface area (Å²) in [7, 11) is 1.55. The number of anilines is 1. The number of benzene rings is 1. The van der Waals surface area contributed by atoms with Crippen molar-refractivity contribution >= 4 is 34.5 Å². The highest BCUT2D eigenvalue weighted by Crippen LogP contribution is 2.36. The molecule has 5 aromatic rings. The Morgan fingerprint density at radius 1 is 1.00 bits per heavy atom. The van der Waals surface area contributed by atoms with Crippen LogP contribution in [-0.2, 0) is 0 Å². The van der Waals surface area contributed by atoms with Crippen molar-refractivity contribution in [2.24, 2.45) is 0 Å². The van der Waals surface area contributed by atoms with E-state index in [1.165, 1.54) is 0 Å². The lowest BCUT2D eigenvalue weighted by atomic mass is 10.1. The number of ether oxygens (including phenoxy) is 1. The van der Waals surface area contributed by atoms with Gasteiger partial charge in [-0.2, -0.15) is 5.10 Å².